The predicted octanol–water partition coefficient (Wildman–Crippen LogP) is 23.4. The van der Waals surface area contributed by atoms with E-state index in [1.54, 1.807) is 0 Å². The number of aliphatic hydroxyl groups is 1. The van der Waals surface area contributed by atoms with E-state index in [1.807, 2.05) is 18.2 Å². The Hall–Kier alpha value is -5.06. The van der Waals surface area contributed by atoms with Gasteiger partial charge in [-0.05, 0) is 135 Å². The molecule has 0 saturated carbocycles. The maximum Gasteiger partial charge on any atom is 0.472 e. The summed E-state index contributed by atoms with van der Waals surface area (Å²) in [6.45, 7) is 4.50. The lowest BCUT2D eigenvalue weighted by Gasteiger charge is -2.21. The minimum absolute atomic E-state index is 0.0299. The zero-order valence-corrected chi connectivity index (χ0v) is 66.7. The van der Waals surface area contributed by atoms with Gasteiger partial charge in [-0.15, -0.1) is 0 Å². The Morgan fingerprint density at radius 1 is 0.279 bits per heavy atom. The van der Waals surface area contributed by atoms with Crippen LogP contribution in [0, 0.1) is 0 Å². The van der Waals surface area contributed by atoms with Gasteiger partial charge in [0.1, 0.15) is 19.3 Å². The largest absolute Gasteiger partial charge is 0.472 e. The topological polar surface area (TPSA) is 237 Å². The van der Waals surface area contributed by atoms with E-state index in [0.29, 0.717) is 32.1 Å². The fraction of sp³-hybridized carbons (Fsp3) is 0.671. The number of hydrogen-bond acceptors (Lipinski definition) is 15. The minimum atomic E-state index is -5.00. The van der Waals surface area contributed by atoms with Crippen LogP contribution in [-0.2, 0) is 65.4 Å². The monoisotopic (exact) mass is 1500 g/mol. The van der Waals surface area contributed by atoms with Crippen LogP contribution in [0.4, 0.5) is 0 Å². The molecule has 0 aromatic rings. The smallest absolute Gasteiger partial charge is 0.462 e. The highest BCUT2D eigenvalue weighted by molar-refractivity contribution is 7.47. The third-order valence-corrected chi connectivity index (χ3v) is 18.2. The molecule has 5 atom stereocenters. The number of allylic oxidation sites excluding steroid dienone is 24. The lowest BCUT2D eigenvalue weighted by Crippen LogP contribution is -2.30. The third-order valence-electron chi connectivity index (χ3n) is 16.3. The first kappa shape index (κ1) is 98.9. The van der Waals surface area contributed by atoms with Crippen LogP contribution >= 0.6 is 15.6 Å². The highest BCUT2D eigenvalue weighted by atomic mass is 31.2. The summed E-state index contributed by atoms with van der Waals surface area (Å²) in [5.41, 5.74) is 0. The van der Waals surface area contributed by atoms with E-state index in [9.17, 15) is 43.2 Å². The van der Waals surface area contributed by atoms with Crippen LogP contribution in [0.1, 0.15) is 310 Å². The summed E-state index contributed by atoms with van der Waals surface area (Å²) < 4.78 is 68.5. The van der Waals surface area contributed by atoms with Crippen molar-refractivity contribution < 1.29 is 80.2 Å². The molecule has 0 aliphatic rings. The van der Waals surface area contributed by atoms with Crippen molar-refractivity contribution in [1.82, 2.24) is 0 Å². The van der Waals surface area contributed by atoms with Crippen LogP contribution < -0.4 is 0 Å². The molecule has 104 heavy (non-hydrogen) atoms. The summed E-state index contributed by atoms with van der Waals surface area (Å²) in [6.07, 6.45) is 87.0. The standard InChI is InChI=1S/C85H142O17P2/c1-5-9-13-17-21-25-29-32-35-37-39-41-44-46-50-53-57-61-65-69-82(87)95-75-80(101-84(89)71-67-63-59-55-49-28-24-20-16-12-8-4)77-99-103(91,92)97-73-79(86)74-98-104(93,94)100-78-81(102-85(90)72-68-64-60-56-52-48-43-34-31-27-23-19-15-11-7-3)76-96-83(88)70-66-62-58-54-51-47-45-42-40-38-36-33-30-26-22-18-14-10-6-2/h9-10,13-14,21-23,25-27,32-36,39-43,47,51,58,62,79-81,86H,5-8,11-12,15-20,24,28-31,37-38,44-46,48-50,52-57,59-61,63-78H2,1-4H3,(H,91,92)(H,93,94)/b13-9-,14-10-,25-21-,26-22-,27-23-,35-32-,36-33-,41-39-,42-40-,43-34-,51-47-,62-58-. The van der Waals surface area contributed by atoms with Gasteiger partial charge in [0.2, 0.25) is 0 Å². The second-order valence-corrected chi connectivity index (χ2v) is 29.2. The summed E-state index contributed by atoms with van der Waals surface area (Å²) in [7, 11) is -9.99. The van der Waals surface area contributed by atoms with Crippen molar-refractivity contribution in [2.45, 2.75) is 329 Å². The average molecular weight is 1500 g/mol. The zero-order valence-electron chi connectivity index (χ0n) is 64.9. The van der Waals surface area contributed by atoms with Crippen LogP contribution in [0.25, 0.3) is 0 Å². The normalized spacial score (nSPS) is 14.6. The Kier molecular flexibility index (Phi) is 72.4. The number of carbonyl (C=O) groups excluding carboxylic acids is 4. The van der Waals surface area contributed by atoms with Gasteiger partial charge in [-0.3, -0.25) is 37.3 Å². The van der Waals surface area contributed by atoms with Gasteiger partial charge in [-0.25, -0.2) is 9.13 Å². The van der Waals surface area contributed by atoms with E-state index in [4.69, 9.17) is 37.0 Å². The number of unbranched alkanes of at least 4 members (excludes halogenated alkanes) is 24. The summed E-state index contributed by atoms with van der Waals surface area (Å²) in [5, 5.41) is 10.6. The fourth-order valence-corrected chi connectivity index (χ4v) is 11.8. The van der Waals surface area contributed by atoms with E-state index in [2.05, 4.69) is 155 Å². The van der Waals surface area contributed by atoms with Crippen LogP contribution in [-0.4, -0.2) is 96.7 Å². The van der Waals surface area contributed by atoms with Crippen molar-refractivity contribution in [3.8, 4) is 0 Å². The summed E-state index contributed by atoms with van der Waals surface area (Å²) in [4.78, 5) is 73.0. The first-order valence-electron chi connectivity index (χ1n) is 40.1. The van der Waals surface area contributed by atoms with E-state index in [1.165, 1.54) is 57.8 Å². The number of aliphatic hydroxyl groups excluding tert-OH is 1. The number of rotatable bonds is 74. The lowest BCUT2D eigenvalue weighted by molar-refractivity contribution is -0.161. The van der Waals surface area contributed by atoms with Gasteiger partial charge in [0.25, 0.3) is 0 Å². The van der Waals surface area contributed by atoms with E-state index >= 15 is 0 Å². The molecule has 0 heterocycles. The molecule has 0 bridgehead atoms. The minimum Gasteiger partial charge on any atom is -0.462 e. The summed E-state index contributed by atoms with van der Waals surface area (Å²) in [5.74, 6) is -2.30. The molecule has 0 radical (unpaired) electrons. The fourth-order valence-electron chi connectivity index (χ4n) is 10.3. The van der Waals surface area contributed by atoms with Crippen molar-refractivity contribution in [1.29, 1.82) is 0 Å². The van der Waals surface area contributed by atoms with Crippen molar-refractivity contribution in [2.24, 2.45) is 0 Å². The molecular formula is C85H142O17P2. The Balaban J connectivity index is 5.40. The quantitative estimate of drug-likeness (QED) is 0.0169. The molecular weight excluding hydrogens is 1350 g/mol. The van der Waals surface area contributed by atoms with E-state index in [0.717, 1.165) is 167 Å². The molecule has 5 unspecified atom stereocenters. The van der Waals surface area contributed by atoms with Crippen LogP contribution in [0.2, 0.25) is 0 Å². The number of hydrogen-bond donors (Lipinski definition) is 3. The predicted molar refractivity (Wildman–Crippen MR) is 427 cm³/mol. The molecule has 3 N–H and O–H groups in total. The average Bonchev–Trinajstić information content (AvgIpc) is 0.929. The highest BCUT2D eigenvalue weighted by Gasteiger charge is 2.30. The van der Waals surface area contributed by atoms with Crippen molar-refractivity contribution in [3.05, 3.63) is 146 Å². The zero-order chi connectivity index (χ0) is 76.0. The molecule has 0 rings (SSSR count). The van der Waals surface area contributed by atoms with Crippen molar-refractivity contribution in [3.63, 3.8) is 0 Å². The van der Waals surface area contributed by atoms with Gasteiger partial charge in [0.15, 0.2) is 12.2 Å². The Bertz CT molecular complexity index is 2540. The highest BCUT2D eigenvalue weighted by Crippen LogP contribution is 2.45. The SMILES string of the molecule is CC/C=C\C/C=C\C/C=C\C/C=C\C/C=C\C/C=C\CCC(=O)OCC(COP(=O)(O)OCC(O)COP(=O)(O)OCC(COC(=O)CCCCCCCC/C=C\C/C=C\C/C=C\C/C=C\CC)OC(=O)CCCCCCCCCCCCC)OC(=O)CCCCCCC/C=C\C/C=C\CCCCC. The Morgan fingerprint density at radius 2 is 0.519 bits per heavy atom. The van der Waals surface area contributed by atoms with E-state index < -0.39 is 97.5 Å². The number of ether oxygens (including phenoxy) is 4. The molecule has 594 valence electrons. The van der Waals surface area contributed by atoms with Crippen molar-refractivity contribution >= 4 is 39.5 Å². The first-order valence-corrected chi connectivity index (χ1v) is 43.1. The molecule has 0 aromatic carbocycles. The molecule has 17 nitrogen and oxygen atoms in total. The molecule has 0 spiro atoms. The van der Waals surface area contributed by atoms with Gasteiger partial charge in [-0.2, -0.15) is 0 Å². The number of phosphoric acid groups is 2. The van der Waals surface area contributed by atoms with Crippen molar-refractivity contribution in [2.75, 3.05) is 39.6 Å². The molecule has 0 aliphatic heterocycles. The van der Waals surface area contributed by atoms with Gasteiger partial charge < -0.3 is 33.8 Å². The summed E-state index contributed by atoms with van der Waals surface area (Å²) in [6, 6.07) is 0. The summed E-state index contributed by atoms with van der Waals surface area (Å²) >= 11 is 0. The van der Waals surface area contributed by atoms with Gasteiger partial charge in [0, 0.05) is 25.7 Å². The molecule has 0 aromatic heterocycles. The third kappa shape index (κ3) is 75.2. The van der Waals surface area contributed by atoms with Gasteiger partial charge in [0.05, 0.1) is 26.4 Å². The maximum atomic E-state index is 13.1. The molecule has 19 heteroatoms. The van der Waals surface area contributed by atoms with Gasteiger partial charge in [-0.1, -0.05) is 296 Å². The Labute approximate surface area is 630 Å². The van der Waals surface area contributed by atoms with Crippen LogP contribution in [0.5, 0.6) is 0 Å². The molecule has 0 amide bonds. The molecule has 0 saturated heterocycles. The number of phosphoric ester groups is 2. The second kappa shape index (κ2) is 76.1. The second-order valence-electron chi connectivity index (χ2n) is 26.2. The van der Waals surface area contributed by atoms with Gasteiger partial charge >= 0.3 is 39.5 Å². The Morgan fingerprint density at radius 3 is 0.846 bits per heavy atom. The van der Waals surface area contributed by atoms with Crippen LogP contribution in [0.15, 0.2) is 146 Å². The van der Waals surface area contributed by atoms with E-state index in [-0.39, 0.29) is 25.7 Å². The number of carbonyl (C=O) groups is 4. The molecule has 0 aliphatic carbocycles. The number of esters is 4. The molecule has 0 fully saturated rings. The first-order chi connectivity index (χ1) is 50.7. The maximum absolute atomic E-state index is 13.1. The van der Waals surface area contributed by atoms with Crippen LogP contribution in [0.3, 0.4) is 0 Å². The lowest BCUT2D eigenvalue weighted by atomic mass is 10.1.